The average molecular weight is 263 g/mol. The Balaban J connectivity index is 0.00000144. The third kappa shape index (κ3) is 3.57. The number of rotatable bonds is 3. The van der Waals surface area contributed by atoms with E-state index in [-0.39, 0.29) is 12.4 Å². The van der Waals surface area contributed by atoms with E-state index in [9.17, 15) is 0 Å². The van der Waals surface area contributed by atoms with E-state index in [2.05, 4.69) is 18.7 Å². The first-order valence-corrected chi connectivity index (χ1v) is 6.71. The molecule has 2 fully saturated rings. The molecule has 0 bridgehead atoms. The molecule has 102 valence electrons. The standard InChI is InChI=1S/C13H26N2O.ClH/c1-3-13(4-6-16-7-5-13)10-15-8-11(2)12(14)9-15;/h11-12H,3-10,14H2,1-2H3;1H. The SMILES string of the molecule is CCC1(CN2CC(C)C(N)C2)CCOCC1.Cl. The Hall–Kier alpha value is 0.170. The van der Waals surface area contributed by atoms with Crippen molar-refractivity contribution < 1.29 is 4.74 Å². The van der Waals surface area contributed by atoms with Crippen LogP contribution < -0.4 is 5.73 Å². The predicted octanol–water partition coefficient (Wildman–Crippen LogP) is 1.89. The topological polar surface area (TPSA) is 38.5 Å². The number of likely N-dealkylation sites (tertiary alicyclic amines) is 1. The zero-order valence-electron chi connectivity index (χ0n) is 11.2. The van der Waals surface area contributed by atoms with Crippen molar-refractivity contribution in [2.75, 3.05) is 32.8 Å². The predicted molar refractivity (Wildman–Crippen MR) is 73.6 cm³/mol. The van der Waals surface area contributed by atoms with E-state index in [4.69, 9.17) is 10.5 Å². The van der Waals surface area contributed by atoms with Crippen LogP contribution in [0.5, 0.6) is 0 Å². The number of halogens is 1. The van der Waals surface area contributed by atoms with Crippen molar-refractivity contribution in [1.29, 1.82) is 0 Å². The van der Waals surface area contributed by atoms with Crippen LogP contribution in [0.1, 0.15) is 33.1 Å². The van der Waals surface area contributed by atoms with E-state index in [1.54, 1.807) is 0 Å². The number of ether oxygens (including phenoxy) is 1. The second kappa shape index (κ2) is 6.37. The van der Waals surface area contributed by atoms with Crippen LogP contribution in [0.2, 0.25) is 0 Å². The van der Waals surface area contributed by atoms with Crippen molar-refractivity contribution >= 4 is 12.4 Å². The van der Waals surface area contributed by atoms with Crippen molar-refractivity contribution in [3.05, 3.63) is 0 Å². The van der Waals surface area contributed by atoms with Crippen LogP contribution in [0.3, 0.4) is 0 Å². The van der Waals surface area contributed by atoms with Gasteiger partial charge in [-0.15, -0.1) is 12.4 Å². The van der Waals surface area contributed by atoms with Gasteiger partial charge in [-0.3, -0.25) is 0 Å². The lowest BCUT2D eigenvalue weighted by Crippen LogP contribution is -2.41. The van der Waals surface area contributed by atoms with Crippen molar-refractivity contribution in [2.24, 2.45) is 17.1 Å². The highest BCUT2D eigenvalue weighted by atomic mass is 35.5. The molecule has 2 N–H and O–H groups in total. The minimum Gasteiger partial charge on any atom is -0.381 e. The molecule has 2 unspecified atom stereocenters. The zero-order chi connectivity index (χ0) is 11.6. The van der Waals surface area contributed by atoms with E-state index in [0.717, 1.165) is 19.8 Å². The second-order valence-electron chi connectivity index (χ2n) is 5.80. The third-order valence-electron chi connectivity index (χ3n) is 4.61. The Morgan fingerprint density at radius 3 is 2.41 bits per heavy atom. The summed E-state index contributed by atoms with van der Waals surface area (Å²) in [5.41, 5.74) is 6.59. The second-order valence-corrected chi connectivity index (χ2v) is 5.80. The molecule has 2 aliphatic rings. The first-order valence-electron chi connectivity index (χ1n) is 6.71. The summed E-state index contributed by atoms with van der Waals surface area (Å²) in [4.78, 5) is 2.57. The zero-order valence-corrected chi connectivity index (χ0v) is 12.0. The molecule has 0 aromatic rings. The van der Waals surface area contributed by atoms with Gasteiger partial charge in [-0.2, -0.15) is 0 Å². The molecule has 2 aliphatic heterocycles. The van der Waals surface area contributed by atoms with Crippen LogP contribution in [0.15, 0.2) is 0 Å². The number of hydrogen-bond acceptors (Lipinski definition) is 3. The normalized spacial score (nSPS) is 33.4. The van der Waals surface area contributed by atoms with Crippen LogP contribution in [0, 0.1) is 11.3 Å². The fourth-order valence-electron chi connectivity index (χ4n) is 3.13. The van der Waals surface area contributed by atoms with Gasteiger partial charge < -0.3 is 15.4 Å². The summed E-state index contributed by atoms with van der Waals surface area (Å²) < 4.78 is 5.49. The summed E-state index contributed by atoms with van der Waals surface area (Å²) in [6.45, 7) is 9.99. The molecule has 2 atom stereocenters. The molecule has 0 saturated carbocycles. The highest BCUT2D eigenvalue weighted by molar-refractivity contribution is 5.85. The molecule has 3 nitrogen and oxygen atoms in total. The van der Waals surface area contributed by atoms with E-state index in [1.807, 2.05) is 0 Å². The quantitative estimate of drug-likeness (QED) is 0.844. The number of hydrogen-bond donors (Lipinski definition) is 1. The van der Waals surface area contributed by atoms with Gasteiger partial charge in [-0.1, -0.05) is 13.8 Å². The lowest BCUT2D eigenvalue weighted by molar-refractivity contribution is -0.00396. The van der Waals surface area contributed by atoms with Gasteiger partial charge in [0.25, 0.3) is 0 Å². The van der Waals surface area contributed by atoms with Gasteiger partial charge in [0, 0.05) is 38.9 Å². The molecule has 0 aliphatic carbocycles. The summed E-state index contributed by atoms with van der Waals surface area (Å²) in [7, 11) is 0. The van der Waals surface area contributed by atoms with Crippen molar-refractivity contribution in [1.82, 2.24) is 4.90 Å². The van der Waals surface area contributed by atoms with Crippen LogP contribution in [-0.2, 0) is 4.74 Å². The smallest absolute Gasteiger partial charge is 0.0471 e. The monoisotopic (exact) mass is 262 g/mol. The minimum atomic E-state index is 0. The highest BCUT2D eigenvalue weighted by Crippen LogP contribution is 2.36. The van der Waals surface area contributed by atoms with Gasteiger partial charge in [-0.25, -0.2) is 0 Å². The summed E-state index contributed by atoms with van der Waals surface area (Å²) in [5.74, 6) is 0.661. The van der Waals surface area contributed by atoms with Crippen LogP contribution >= 0.6 is 12.4 Å². The van der Waals surface area contributed by atoms with E-state index in [1.165, 1.54) is 32.4 Å². The summed E-state index contributed by atoms with van der Waals surface area (Å²) in [5, 5.41) is 0. The minimum absolute atomic E-state index is 0. The fourth-order valence-corrected chi connectivity index (χ4v) is 3.13. The number of nitrogens with zero attached hydrogens (tertiary/aromatic N) is 1. The van der Waals surface area contributed by atoms with Crippen LogP contribution in [0.4, 0.5) is 0 Å². The molecular formula is C13H27ClN2O. The highest BCUT2D eigenvalue weighted by Gasteiger charge is 2.36. The van der Waals surface area contributed by atoms with Crippen molar-refractivity contribution in [2.45, 2.75) is 39.2 Å². The number of nitrogens with two attached hydrogens (primary N) is 1. The lowest BCUT2D eigenvalue weighted by atomic mass is 9.77. The first kappa shape index (κ1) is 15.2. The molecule has 2 rings (SSSR count). The molecule has 4 heteroatoms. The maximum Gasteiger partial charge on any atom is 0.0471 e. The molecule has 17 heavy (non-hydrogen) atoms. The average Bonchev–Trinajstić information content (AvgIpc) is 2.59. The lowest BCUT2D eigenvalue weighted by Gasteiger charge is -2.39. The van der Waals surface area contributed by atoms with Gasteiger partial charge in [0.15, 0.2) is 0 Å². The van der Waals surface area contributed by atoms with Gasteiger partial charge in [0.2, 0.25) is 0 Å². The molecule has 0 spiro atoms. The van der Waals surface area contributed by atoms with Crippen LogP contribution in [0.25, 0.3) is 0 Å². The van der Waals surface area contributed by atoms with Crippen molar-refractivity contribution in [3.63, 3.8) is 0 Å². The molecular weight excluding hydrogens is 236 g/mol. The summed E-state index contributed by atoms with van der Waals surface area (Å²) in [6.07, 6.45) is 3.73. The summed E-state index contributed by atoms with van der Waals surface area (Å²) >= 11 is 0. The Morgan fingerprint density at radius 1 is 1.29 bits per heavy atom. The Labute approximate surface area is 111 Å². The molecule has 0 aromatic heterocycles. The van der Waals surface area contributed by atoms with Gasteiger partial charge in [0.05, 0.1) is 0 Å². The summed E-state index contributed by atoms with van der Waals surface area (Å²) in [6, 6.07) is 0.383. The Kier molecular flexibility index (Phi) is 5.71. The van der Waals surface area contributed by atoms with E-state index in [0.29, 0.717) is 17.4 Å². The van der Waals surface area contributed by atoms with Gasteiger partial charge in [0.1, 0.15) is 0 Å². The maximum absolute atomic E-state index is 6.09. The molecule has 2 saturated heterocycles. The first-order chi connectivity index (χ1) is 7.65. The van der Waals surface area contributed by atoms with E-state index < -0.39 is 0 Å². The molecule has 0 radical (unpaired) electrons. The Bertz CT molecular complexity index is 221. The fraction of sp³-hybridized carbons (Fsp3) is 1.00. The van der Waals surface area contributed by atoms with Gasteiger partial charge >= 0.3 is 0 Å². The van der Waals surface area contributed by atoms with Crippen LogP contribution in [-0.4, -0.2) is 43.8 Å². The largest absolute Gasteiger partial charge is 0.381 e. The van der Waals surface area contributed by atoms with Crippen molar-refractivity contribution in [3.8, 4) is 0 Å². The van der Waals surface area contributed by atoms with Gasteiger partial charge in [-0.05, 0) is 30.6 Å². The molecule has 2 heterocycles. The molecule has 0 amide bonds. The maximum atomic E-state index is 6.09. The van der Waals surface area contributed by atoms with E-state index >= 15 is 0 Å². The third-order valence-corrected chi connectivity index (χ3v) is 4.61. The Morgan fingerprint density at radius 2 is 1.94 bits per heavy atom. The molecule has 0 aromatic carbocycles.